The monoisotopic (exact) mass is 413 g/mol. The van der Waals surface area contributed by atoms with Crippen molar-refractivity contribution in [3.63, 3.8) is 0 Å². The number of nitrogens with one attached hydrogen (secondary N) is 1. The van der Waals surface area contributed by atoms with Crippen molar-refractivity contribution in [1.29, 1.82) is 0 Å². The van der Waals surface area contributed by atoms with E-state index in [1.165, 1.54) is 0 Å². The average Bonchev–Trinajstić information content (AvgIpc) is 3.40. The highest BCUT2D eigenvalue weighted by Gasteiger charge is 2.32. The summed E-state index contributed by atoms with van der Waals surface area (Å²) in [6, 6.07) is 5.15. The smallest absolute Gasteiger partial charge is 0.240 e. The Kier molecular flexibility index (Phi) is 4.51. The molecule has 8 nitrogen and oxygen atoms in total. The number of rotatable bonds is 5. The largest absolute Gasteiger partial charge is 0.341 e. The molecule has 1 fully saturated rings. The second-order valence-electron chi connectivity index (χ2n) is 7.75. The minimum absolute atomic E-state index is 0.114. The lowest BCUT2D eigenvalue weighted by atomic mass is 10.00. The lowest BCUT2D eigenvalue weighted by molar-refractivity contribution is -0.118. The third-order valence-corrected chi connectivity index (χ3v) is 7.25. The summed E-state index contributed by atoms with van der Waals surface area (Å²) in [6.07, 6.45) is 5.65. The van der Waals surface area contributed by atoms with Crippen LogP contribution in [0, 0.1) is 0 Å². The van der Waals surface area contributed by atoms with Gasteiger partial charge in [-0.1, -0.05) is 0 Å². The highest BCUT2D eigenvalue weighted by atomic mass is 32.2. The predicted molar refractivity (Wildman–Crippen MR) is 108 cm³/mol. The van der Waals surface area contributed by atoms with Crippen molar-refractivity contribution in [2.75, 3.05) is 29.4 Å². The second kappa shape index (κ2) is 7.07. The molecule has 1 amide bonds. The van der Waals surface area contributed by atoms with Gasteiger partial charge in [-0.05, 0) is 55.0 Å². The third-order valence-electron chi connectivity index (χ3n) is 5.87. The number of hydrogen-bond donors (Lipinski definition) is 1. The Bertz CT molecular complexity index is 1080. The van der Waals surface area contributed by atoms with Crippen molar-refractivity contribution in [3.05, 3.63) is 41.2 Å². The van der Waals surface area contributed by atoms with Crippen LogP contribution in [0.2, 0.25) is 0 Å². The number of hydrogen-bond acceptors (Lipinski definition) is 6. The first kappa shape index (κ1) is 18.5. The molecule has 9 heteroatoms. The molecular weight excluding hydrogens is 390 g/mol. The fourth-order valence-corrected chi connectivity index (χ4v) is 5.49. The molecule has 0 saturated carbocycles. The molecule has 4 heterocycles. The van der Waals surface area contributed by atoms with Crippen LogP contribution in [0.3, 0.4) is 0 Å². The van der Waals surface area contributed by atoms with E-state index in [9.17, 15) is 13.2 Å². The number of carbonyl (C=O) groups is 1. The zero-order chi connectivity index (χ0) is 20.0. The molecule has 0 bridgehead atoms. The second-order valence-corrected chi connectivity index (χ2v) is 9.52. The van der Waals surface area contributed by atoms with Crippen molar-refractivity contribution < 1.29 is 13.2 Å². The lowest BCUT2D eigenvalue weighted by Gasteiger charge is -2.25. The highest BCUT2D eigenvalue weighted by Crippen LogP contribution is 2.38. The number of sulfonamides is 1. The molecule has 2 aromatic rings. The maximum Gasteiger partial charge on any atom is 0.240 e. The first-order valence-electron chi connectivity index (χ1n) is 10.0. The van der Waals surface area contributed by atoms with E-state index in [0.29, 0.717) is 37.4 Å². The van der Waals surface area contributed by atoms with Crippen molar-refractivity contribution in [3.8, 4) is 0 Å². The van der Waals surface area contributed by atoms with Crippen molar-refractivity contribution in [2.24, 2.45) is 0 Å². The summed E-state index contributed by atoms with van der Waals surface area (Å²) >= 11 is 0. The van der Waals surface area contributed by atoms with E-state index in [1.807, 2.05) is 0 Å². The molecule has 0 spiro atoms. The van der Waals surface area contributed by atoms with Crippen LogP contribution in [0.25, 0.3) is 0 Å². The summed E-state index contributed by atoms with van der Waals surface area (Å²) in [4.78, 5) is 25.1. The fourth-order valence-electron chi connectivity index (χ4n) is 4.39. The first-order valence-corrected chi connectivity index (χ1v) is 11.5. The van der Waals surface area contributed by atoms with E-state index >= 15 is 0 Å². The summed E-state index contributed by atoms with van der Waals surface area (Å²) in [6.45, 7) is 2.63. The summed E-state index contributed by atoms with van der Waals surface area (Å²) in [5.41, 5.74) is 3.45. The van der Waals surface area contributed by atoms with Crippen LogP contribution >= 0.6 is 0 Å². The number of anilines is 2. The molecule has 3 aliphatic rings. The normalized spacial score (nSPS) is 18.4. The van der Waals surface area contributed by atoms with Gasteiger partial charge in [0.2, 0.25) is 21.9 Å². The van der Waals surface area contributed by atoms with Gasteiger partial charge in [0.25, 0.3) is 0 Å². The van der Waals surface area contributed by atoms with E-state index in [1.54, 1.807) is 29.3 Å². The van der Waals surface area contributed by atoms with E-state index in [0.717, 1.165) is 42.7 Å². The summed E-state index contributed by atoms with van der Waals surface area (Å²) < 4.78 is 28.5. The minimum Gasteiger partial charge on any atom is -0.341 e. The van der Waals surface area contributed by atoms with Gasteiger partial charge in [-0.3, -0.25) is 4.79 Å². The molecule has 29 heavy (non-hydrogen) atoms. The molecule has 1 N–H and O–H groups in total. The maximum absolute atomic E-state index is 12.9. The number of aryl methyl sites for hydroxylation is 1. The summed E-state index contributed by atoms with van der Waals surface area (Å²) in [5.74, 6) is 0.786. The quantitative estimate of drug-likeness (QED) is 0.796. The molecule has 0 atom stereocenters. The third kappa shape index (κ3) is 3.38. The molecule has 0 radical (unpaired) electrons. The number of aromatic nitrogens is 2. The van der Waals surface area contributed by atoms with Crippen LogP contribution in [0.1, 0.15) is 36.1 Å². The Balaban J connectivity index is 1.36. The van der Waals surface area contributed by atoms with Gasteiger partial charge in [-0.25, -0.2) is 23.1 Å². The average molecular weight is 414 g/mol. The molecule has 1 aromatic carbocycles. The fraction of sp³-hybridized carbons (Fsp3) is 0.450. The molecule has 1 aromatic heterocycles. The zero-order valence-electron chi connectivity index (χ0n) is 16.1. The number of benzene rings is 1. The Morgan fingerprint density at radius 1 is 1.03 bits per heavy atom. The van der Waals surface area contributed by atoms with Crippen molar-refractivity contribution in [1.82, 2.24) is 14.7 Å². The molecule has 152 valence electrons. The van der Waals surface area contributed by atoms with Crippen LogP contribution in [0.15, 0.2) is 29.3 Å². The van der Waals surface area contributed by atoms with Gasteiger partial charge < -0.3 is 9.80 Å². The van der Waals surface area contributed by atoms with Crippen molar-refractivity contribution in [2.45, 2.75) is 43.5 Å². The van der Waals surface area contributed by atoms with Crippen LogP contribution in [0.5, 0.6) is 0 Å². The van der Waals surface area contributed by atoms with Gasteiger partial charge in [0.1, 0.15) is 0 Å². The van der Waals surface area contributed by atoms with Gasteiger partial charge in [-0.2, -0.15) is 0 Å². The summed E-state index contributed by atoms with van der Waals surface area (Å²) in [7, 11) is -3.68. The predicted octanol–water partition coefficient (Wildman–Crippen LogP) is 1.39. The van der Waals surface area contributed by atoms with Gasteiger partial charge in [0, 0.05) is 32.3 Å². The molecule has 1 saturated heterocycles. The SMILES string of the molecule is O=C1CCc2cc(S(=O)(=O)NCc3ccnc(N4CCCC4)n3)cc3c2N1CC3. The van der Waals surface area contributed by atoms with Gasteiger partial charge >= 0.3 is 0 Å². The molecule has 0 unspecified atom stereocenters. The van der Waals surface area contributed by atoms with E-state index in [-0.39, 0.29) is 17.3 Å². The van der Waals surface area contributed by atoms with Gasteiger partial charge in [-0.15, -0.1) is 0 Å². The molecule has 0 aliphatic carbocycles. The van der Waals surface area contributed by atoms with E-state index in [4.69, 9.17) is 0 Å². The van der Waals surface area contributed by atoms with Crippen LogP contribution < -0.4 is 14.5 Å². The number of carbonyl (C=O) groups excluding carboxylic acids is 1. The maximum atomic E-state index is 12.9. The molecule has 5 rings (SSSR count). The zero-order valence-corrected chi connectivity index (χ0v) is 16.9. The molecule has 3 aliphatic heterocycles. The highest BCUT2D eigenvalue weighted by molar-refractivity contribution is 7.89. The van der Waals surface area contributed by atoms with Crippen LogP contribution in [0.4, 0.5) is 11.6 Å². The lowest BCUT2D eigenvalue weighted by Crippen LogP contribution is -2.33. The van der Waals surface area contributed by atoms with Gasteiger partial charge in [0.05, 0.1) is 22.8 Å². The van der Waals surface area contributed by atoms with Crippen molar-refractivity contribution >= 4 is 27.6 Å². The summed E-state index contributed by atoms with van der Waals surface area (Å²) in [5, 5.41) is 0. The molecular formula is C20H23N5O3S. The van der Waals surface area contributed by atoms with Gasteiger partial charge in [0.15, 0.2) is 0 Å². The Labute approximate surface area is 170 Å². The Morgan fingerprint density at radius 2 is 1.79 bits per heavy atom. The Morgan fingerprint density at radius 3 is 2.59 bits per heavy atom. The van der Waals surface area contributed by atoms with Crippen LogP contribution in [-0.2, 0) is 34.2 Å². The van der Waals surface area contributed by atoms with E-state index < -0.39 is 10.0 Å². The standard InChI is InChI=1S/C20H23N5O3S/c26-18-4-3-14-11-17(12-15-6-10-25(18)19(14)15)29(27,28)22-13-16-5-7-21-20(23-16)24-8-1-2-9-24/h5,7,11-12,22H,1-4,6,8-10,13H2. The number of amides is 1. The van der Waals surface area contributed by atoms with Crippen LogP contribution in [-0.4, -0.2) is 43.9 Å². The Hall–Kier alpha value is -2.52. The van der Waals surface area contributed by atoms with E-state index in [2.05, 4.69) is 19.6 Å². The minimum atomic E-state index is -3.68. The topological polar surface area (TPSA) is 95.5 Å². The first-order chi connectivity index (χ1) is 14.0. The number of nitrogens with zero attached hydrogens (tertiary/aromatic N) is 4.